The van der Waals surface area contributed by atoms with Crippen LogP contribution in [0.5, 0.6) is 11.5 Å². The number of halogens is 1. The van der Waals surface area contributed by atoms with Crippen LogP contribution >= 0.6 is 0 Å². The maximum absolute atomic E-state index is 12.6. The van der Waals surface area contributed by atoms with Gasteiger partial charge in [0.2, 0.25) is 0 Å². The van der Waals surface area contributed by atoms with E-state index in [0.717, 1.165) is 0 Å². The molecule has 2 nitrogen and oxygen atoms in total. The third-order valence-corrected chi connectivity index (χ3v) is 1.24. The topological polar surface area (TPSA) is 18.5 Å². The molecule has 0 unspecified atom stereocenters. The monoisotopic (exact) mass is 162 g/mol. The summed E-state index contributed by atoms with van der Waals surface area (Å²) in [6, 6.07) is 5.16. The van der Waals surface area contributed by atoms with Crippen molar-refractivity contribution in [3.63, 3.8) is 0 Å². The fourth-order valence-electron chi connectivity index (χ4n) is 0.713. The number of hydrogen-bond acceptors (Lipinski definition) is 2. The van der Waals surface area contributed by atoms with Crippen molar-refractivity contribution in [2.75, 3.05) is 14.2 Å². The second-order valence-corrected chi connectivity index (χ2v) is 1.94. The van der Waals surface area contributed by atoms with Gasteiger partial charge in [0.05, 0.1) is 14.2 Å². The minimum atomic E-state index is -0.485. The summed E-state index contributed by atoms with van der Waals surface area (Å²) in [6.45, 7) is 0. The summed E-state index contributed by atoms with van der Waals surface area (Å²) in [6.07, 6.45) is 0. The van der Waals surface area contributed by atoms with Crippen LogP contribution in [0.1, 0.15) is 0 Å². The first-order chi connectivity index (χ1) is 5.26. The van der Waals surface area contributed by atoms with Gasteiger partial charge < -0.3 is 9.47 Å². The largest absolute Gasteiger partial charge is 1.00 e. The summed E-state index contributed by atoms with van der Waals surface area (Å²) in [5.41, 5.74) is 0. The van der Waals surface area contributed by atoms with E-state index in [1.54, 1.807) is 6.07 Å². The summed E-state index contributed by atoms with van der Waals surface area (Å²) in [5.74, 6) is 0.279. The number of benzene rings is 1. The van der Waals surface area contributed by atoms with Crippen molar-refractivity contribution >= 4 is 0 Å². The van der Waals surface area contributed by atoms with Crippen LogP contribution in [0.3, 0.4) is 0 Å². The zero-order valence-corrected chi connectivity index (χ0v) is 7.35. The molecule has 0 atom stereocenters. The third-order valence-electron chi connectivity index (χ3n) is 1.24. The smallest absolute Gasteiger partial charge is 0.522 e. The van der Waals surface area contributed by atoms with E-state index in [1.165, 1.54) is 20.3 Å². The van der Waals surface area contributed by atoms with Crippen LogP contribution in [0.2, 0.25) is 0 Å². The molecule has 0 heterocycles. The maximum atomic E-state index is 12.6. The van der Waals surface area contributed by atoms with Crippen LogP contribution in [0.15, 0.2) is 12.1 Å². The normalized spacial score (nSPS) is 8.58. The zero-order chi connectivity index (χ0) is 8.27. The van der Waals surface area contributed by atoms with Crippen LogP contribution in [-0.2, 0) is 0 Å². The zero-order valence-electron chi connectivity index (χ0n) is 7.35. The minimum Gasteiger partial charge on any atom is -0.522 e. The van der Waals surface area contributed by atoms with Crippen LogP contribution in [-0.4, -0.2) is 14.2 Å². The predicted molar refractivity (Wildman–Crippen MR) is 38.3 cm³/mol. The van der Waals surface area contributed by atoms with E-state index in [9.17, 15) is 4.39 Å². The van der Waals surface area contributed by atoms with Crippen molar-refractivity contribution in [1.82, 2.24) is 0 Å². The third kappa shape index (κ3) is 2.77. The van der Waals surface area contributed by atoms with Crippen molar-refractivity contribution in [3.8, 4) is 11.5 Å². The summed E-state index contributed by atoms with van der Waals surface area (Å²) >= 11 is 0. The Morgan fingerprint density at radius 3 is 2.42 bits per heavy atom. The second-order valence-electron chi connectivity index (χ2n) is 1.94. The van der Waals surface area contributed by atoms with Crippen LogP contribution < -0.4 is 28.3 Å². The van der Waals surface area contributed by atoms with E-state index < -0.39 is 5.82 Å². The molecule has 0 bridgehead atoms. The molecule has 0 saturated carbocycles. The molecular weight excluding hydrogens is 154 g/mol. The molecule has 0 aliphatic rings. The van der Waals surface area contributed by atoms with Gasteiger partial charge in [0.1, 0.15) is 0 Å². The average molecular weight is 162 g/mol. The fourth-order valence-corrected chi connectivity index (χ4v) is 0.713. The SMILES string of the molecule is COc1[c-]c(F)cc(OC)c1.[Li+]. The number of methoxy groups -OCH3 is 2. The van der Waals surface area contributed by atoms with Gasteiger partial charge >= 0.3 is 18.9 Å². The second kappa shape index (κ2) is 5.07. The molecule has 1 aromatic carbocycles. The van der Waals surface area contributed by atoms with Crippen molar-refractivity contribution in [2.24, 2.45) is 0 Å². The van der Waals surface area contributed by atoms with Crippen LogP contribution in [0.25, 0.3) is 0 Å². The summed E-state index contributed by atoms with van der Waals surface area (Å²) < 4.78 is 22.1. The van der Waals surface area contributed by atoms with Crippen LogP contribution in [0.4, 0.5) is 4.39 Å². The Balaban J connectivity index is 0.00000121. The van der Waals surface area contributed by atoms with E-state index in [-0.39, 0.29) is 18.9 Å². The molecule has 1 rings (SSSR count). The molecule has 12 heavy (non-hydrogen) atoms. The Labute approximate surface area is 82.9 Å². The number of hydrogen-bond donors (Lipinski definition) is 0. The molecule has 0 aliphatic heterocycles. The molecule has 4 heteroatoms. The fraction of sp³-hybridized carbons (Fsp3) is 0.250. The van der Waals surface area contributed by atoms with Gasteiger partial charge in [0.15, 0.2) is 0 Å². The van der Waals surface area contributed by atoms with Crippen molar-refractivity contribution < 1.29 is 32.7 Å². The van der Waals surface area contributed by atoms with Gasteiger partial charge in [-0.05, 0) is 0 Å². The Kier molecular flexibility index (Phi) is 4.80. The molecule has 0 aromatic heterocycles. The molecule has 0 amide bonds. The number of rotatable bonds is 2. The van der Waals surface area contributed by atoms with Gasteiger partial charge in [-0.2, -0.15) is 0 Å². The van der Waals surface area contributed by atoms with E-state index in [4.69, 9.17) is 9.47 Å². The number of ether oxygens (including phenoxy) is 2. The Bertz CT molecular complexity index is 231. The molecule has 0 saturated heterocycles. The molecule has 0 aliphatic carbocycles. The van der Waals surface area contributed by atoms with Crippen molar-refractivity contribution in [1.29, 1.82) is 0 Å². The van der Waals surface area contributed by atoms with Crippen molar-refractivity contribution in [2.45, 2.75) is 0 Å². The summed E-state index contributed by atoms with van der Waals surface area (Å²) in [7, 11) is 2.92. The maximum Gasteiger partial charge on any atom is 1.00 e. The Morgan fingerprint density at radius 2 is 1.92 bits per heavy atom. The quantitative estimate of drug-likeness (QED) is 0.395. The van der Waals surface area contributed by atoms with E-state index in [2.05, 4.69) is 6.07 Å². The predicted octanol–water partition coefficient (Wildman–Crippen LogP) is -1.35. The molecule has 0 N–H and O–H groups in total. The standard InChI is InChI=1S/C8H8FO2.Li/c1-10-7-3-6(9)4-8(5-7)11-2;/h3,5H,1-2H3;/q-1;+1. The summed E-state index contributed by atoms with van der Waals surface area (Å²) in [4.78, 5) is 0. The van der Waals surface area contributed by atoms with E-state index in [1.807, 2.05) is 0 Å². The first kappa shape index (κ1) is 11.3. The van der Waals surface area contributed by atoms with Crippen molar-refractivity contribution in [3.05, 3.63) is 24.0 Å². The van der Waals surface area contributed by atoms with E-state index in [0.29, 0.717) is 11.5 Å². The Hall–Kier alpha value is -0.653. The van der Waals surface area contributed by atoms with Crippen LogP contribution in [0, 0.1) is 11.9 Å². The molecular formula is C8H8FLiO2. The first-order valence-electron chi connectivity index (χ1n) is 3.07. The first-order valence-corrected chi connectivity index (χ1v) is 3.07. The molecule has 60 valence electrons. The molecule has 1 aromatic rings. The summed E-state index contributed by atoms with van der Waals surface area (Å²) in [5, 5.41) is 0. The molecule has 0 radical (unpaired) electrons. The molecule has 0 spiro atoms. The van der Waals surface area contributed by atoms with Gasteiger partial charge in [-0.3, -0.25) is 0 Å². The van der Waals surface area contributed by atoms with Gasteiger partial charge in [-0.1, -0.05) is 12.1 Å². The van der Waals surface area contributed by atoms with Gasteiger partial charge in [0.25, 0.3) is 0 Å². The Morgan fingerprint density at radius 1 is 1.25 bits per heavy atom. The van der Waals surface area contributed by atoms with Gasteiger partial charge in [-0.15, -0.1) is 6.07 Å². The van der Waals surface area contributed by atoms with Gasteiger partial charge in [-0.25, -0.2) is 4.39 Å². The minimum absolute atomic E-state index is 0. The van der Waals surface area contributed by atoms with Gasteiger partial charge in [0, 0.05) is 17.3 Å². The molecule has 0 fully saturated rings. The van der Waals surface area contributed by atoms with E-state index >= 15 is 0 Å². The average Bonchev–Trinajstić information content (AvgIpc) is 2.03.